The maximum Gasteiger partial charge on any atom is 0.368 e. The summed E-state index contributed by atoms with van der Waals surface area (Å²) in [6.45, 7) is 0.462. The van der Waals surface area contributed by atoms with Crippen molar-refractivity contribution in [2.75, 3.05) is 0 Å². The molecule has 4 nitrogen and oxygen atoms in total. The Morgan fingerprint density at radius 2 is 1.72 bits per heavy atom. The first-order chi connectivity index (χ1) is 14.1. The Morgan fingerprint density at radius 1 is 0.966 bits per heavy atom. The third kappa shape index (κ3) is 4.66. The van der Waals surface area contributed by atoms with Gasteiger partial charge in [0.25, 0.3) is 0 Å². The third-order valence-electron chi connectivity index (χ3n) is 4.32. The highest BCUT2D eigenvalue weighted by Crippen LogP contribution is 2.29. The van der Waals surface area contributed by atoms with Crippen molar-refractivity contribution in [3.8, 4) is 5.75 Å². The summed E-state index contributed by atoms with van der Waals surface area (Å²) in [7, 11) is 0. The van der Waals surface area contributed by atoms with Gasteiger partial charge in [0, 0.05) is 10.0 Å². The fraction of sp³-hybridized carbons (Fsp3) is 0.0435. The van der Waals surface area contributed by atoms with Crippen LogP contribution in [0.5, 0.6) is 5.75 Å². The molecule has 0 aromatic heterocycles. The van der Waals surface area contributed by atoms with Gasteiger partial charge < -0.3 is 9.57 Å². The van der Waals surface area contributed by atoms with Crippen molar-refractivity contribution in [2.45, 2.75) is 6.61 Å². The molecular formula is C23H15Br2NO3. The highest BCUT2D eigenvalue weighted by Gasteiger charge is 2.26. The monoisotopic (exact) mass is 511 g/mol. The lowest BCUT2D eigenvalue weighted by Gasteiger charge is -2.09. The molecule has 0 atom stereocenters. The van der Waals surface area contributed by atoms with E-state index in [1.54, 1.807) is 6.08 Å². The van der Waals surface area contributed by atoms with Crippen molar-refractivity contribution in [3.05, 3.63) is 104 Å². The van der Waals surface area contributed by atoms with Crippen molar-refractivity contribution in [1.29, 1.82) is 0 Å². The van der Waals surface area contributed by atoms with Crippen molar-refractivity contribution < 1.29 is 14.4 Å². The molecule has 4 rings (SSSR count). The molecule has 0 N–H and O–H groups in total. The number of oxime groups is 1. The Labute approximate surface area is 185 Å². The van der Waals surface area contributed by atoms with Gasteiger partial charge in [-0.25, -0.2) is 4.79 Å². The van der Waals surface area contributed by atoms with Gasteiger partial charge >= 0.3 is 5.97 Å². The first-order valence-corrected chi connectivity index (χ1v) is 10.4. The zero-order chi connectivity index (χ0) is 20.2. The van der Waals surface area contributed by atoms with Crippen molar-refractivity contribution in [3.63, 3.8) is 0 Å². The second kappa shape index (κ2) is 8.76. The van der Waals surface area contributed by atoms with Crippen LogP contribution in [0.2, 0.25) is 0 Å². The number of rotatable bonds is 5. The number of hydrogen-bond acceptors (Lipinski definition) is 4. The number of hydrogen-bond donors (Lipinski definition) is 0. The summed E-state index contributed by atoms with van der Waals surface area (Å²) in [5, 5.41) is 3.93. The maximum absolute atomic E-state index is 12.2. The predicted octanol–water partition coefficient (Wildman–Crippen LogP) is 6.14. The summed E-state index contributed by atoms with van der Waals surface area (Å²) in [6, 6.07) is 23.1. The SMILES string of the molecule is O=C1ON=C(c2ccccc2)/C1=C/c1ccc(OCc2ccc(Br)cc2)c(Br)c1. The quantitative estimate of drug-likeness (QED) is 0.305. The molecule has 0 radical (unpaired) electrons. The van der Waals surface area contributed by atoms with Crippen LogP contribution >= 0.6 is 31.9 Å². The topological polar surface area (TPSA) is 47.9 Å². The van der Waals surface area contributed by atoms with E-state index in [1.807, 2.05) is 72.8 Å². The molecule has 1 heterocycles. The Bertz CT molecular complexity index is 1110. The number of ether oxygens (including phenoxy) is 1. The fourth-order valence-electron chi connectivity index (χ4n) is 2.85. The molecule has 3 aromatic rings. The molecule has 1 aliphatic heterocycles. The van der Waals surface area contributed by atoms with Crippen LogP contribution in [0.1, 0.15) is 16.7 Å². The molecule has 0 saturated heterocycles. The first-order valence-electron chi connectivity index (χ1n) is 8.84. The highest BCUT2D eigenvalue weighted by molar-refractivity contribution is 9.10. The van der Waals surface area contributed by atoms with Crippen LogP contribution in [0.4, 0.5) is 0 Å². The number of carbonyl (C=O) groups is 1. The van der Waals surface area contributed by atoms with Crippen molar-refractivity contribution in [2.24, 2.45) is 5.16 Å². The largest absolute Gasteiger partial charge is 0.488 e. The van der Waals surface area contributed by atoms with E-state index in [0.717, 1.165) is 31.4 Å². The number of nitrogens with zero attached hydrogens (tertiary/aromatic N) is 1. The summed E-state index contributed by atoms with van der Waals surface area (Å²) in [5.74, 6) is 0.261. The van der Waals surface area contributed by atoms with Gasteiger partial charge in [0.2, 0.25) is 0 Å². The van der Waals surface area contributed by atoms with Gasteiger partial charge in [0.1, 0.15) is 18.1 Å². The van der Waals surface area contributed by atoms with Gasteiger partial charge in [-0.3, -0.25) is 0 Å². The maximum atomic E-state index is 12.2. The van der Waals surface area contributed by atoms with Gasteiger partial charge in [0.15, 0.2) is 0 Å². The van der Waals surface area contributed by atoms with E-state index >= 15 is 0 Å². The minimum Gasteiger partial charge on any atom is -0.488 e. The Balaban J connectivity index is 1.53. The second-order valence-electron chi connectivity index (χ2n) is 6.35. The molecule has 3 aromatic carbocycles. The lowest BCUT2D eigenvalue weighted by molar-refractivity contribution is -0.136. The molecule has 0 bridgehead atoms. The molecule has 1 aliphatic rings. The second-order valence-corrected chi connectivity index (χ2v) is 8.12. The van der Waals surface area contributed by atoms with Crippen LogP contribution in [0.3, 0.4) is 0 Å². The summed E-state index contributed by atoms with van der Waals surface area (Å²) < 4.78 is 7.73. The highest BCUT2D eigenvalue weighted by atomic mass is 79.9. The van der Waals surface area contributed by atoms with Crippen LogP contribution in [0.15, 0.2) is 92.5 Å². The Morgan fingerprint density at radius 3 is 2.45 bits per heavy atom. The minimum absolute atomic E-state index is 0.423. The molecule has 0 spiro atoms. The van der Waals surface area contributed by atoms with Gasteiger partial charge in [-0.05, 0) is 57.4 Å². The van der Waals surface area contributed by atoms with Gasteiger partial charge in [-0.15, -0.1) is 0 Å². The smallest absolute Gasteiger partial charge is 0.368 e. The zero-order valence-electron chi connectivity index (χ0n) is 15.1. The molecule has 0 aliphatic carbocycles. The number of halogens is 2. The number of carbonyl (C=O) groups excluding carboxylic acids is 1. The van der Waals surface area contributed by atoms with Gasteiger partial charge in [-0.2, -0.15) is 0 Å². The Hall–Kier alpha value is -2.70. The predicted molar refractivity (Wildman–Crippen MR) is 120 cm³/mol. The average molecular weight is 513 g/mol. The van der Waals surface area contributed by atoms with Crippen LogP contribution in [-0.2, 0) is 16.2 Å². The molecule has 144 valence electrons. The summed E-state index contributed by atoms with van der Waals surface area (Å²) in [6.07, 6.45) is 1.77. The third-order valence-corrected chi connectivity index (χ3v) is 5.47. The molecule has 29 heavy (non-hydrogen) atoms. The summed E-state index contributed by atoms with van der Waals surface area (Å²) in [4.78, 5) is 17.0. The van der Waals surface area contributed by atoms with E-state index in [2.05, 4.69) is 37.0 Å². The lowest BCUT2D eigenvalue weighted by Crippen LogP contribution is -2.06. The molecule has 0 fully saturated rings. The Kier molecular flexibility index (Phi) is 5.92. The summed E-state index contributed by atoms with van der Waals surface area (Å²) in [5.41, 5.74) is 3.70. The molecule has 0 saturated carbocycles. The zero-order valence-corrected chi connectivity index (χ0v) is 18.3. The standard InChI is InChI=1S/C23H15Br2NO3/c24-18-9-6-15(7-10-18)14-28-21-11-8-16(13-20(21)25)12-19-22(26-29-23(19)27)17-4-2-1-3-5-17/h1-13H,14H2/b19-12-. The average Bonchev–Trinajstić information content (AvgIpc) is 3.09. The molecule has 0 unspecified atom stereocenters. The van der Waals surface area contributed by atoms with Crippen molar-refractivity contribution >= 4 is 49.6 Å². The van der Waals surface area contributed by atoms with Gasteiger partial charge in [-0.1, -0.05) is 69.6 Å². The van der Waals surface area contributed by atoms with Gasteiger partial charge in [0.05, 0.1) is 10.0 Å². The van der Waals surface area contributed by atoms with Crippen LogP contribution in [0.25, 0.3) is 6.08 Å². The molecule has 0 amide bonds. The first kappa shape index (κ1) is 19.6. The van der Waals surface area contributed by atoms with E-state index in [9.17, 15) is 4.79 Å². The van der Waals surface area contributed by atoms with E-state index in [-0.39, 0.29) is 0 Å². The van der Waals surface area contributed by atoms with Crippen LogP contribution in [-0.4, -0.2) is 11.7 Å². The van der Waals surface area contributed by atoms with Crippen molar-refractivity contribution in [1.82, 2.24) is 0 Å². The fourth-order valence-corrected chi connectivity index (χ4v) is 3.62. The molecular weight excluding hydrogens is 498 g/mol. The normalized spacial score (nSPS) is 14.6. The minimum atomic E-state index is -0.462. The van der Waals surface area contributed by atoms with E-state index in [4.69, 9.17) is 9.57 Å². The van der Waals surface area contributed by atoms with E-state index < -0.39 is 5.97 Å². The number of benzene rings is 3. The van der Waals surface area contributed by atoms with E-state index in [1.165, 1.54) is 0 Å². The molecule has 6 heteroatoms. The van der Waals surface area contributed by atoms with Crippen LogP contribution in [0, 0.1) is 0 Å². The summed E-state index contributed by atoms with van der Waals surface area (Å²) >= 11 is 6.97. The lowest BCUT2D eigenvalue weighted by atomic mass is 10.0. The van der Waals surface area contributed by atoms with E-state index in [0.29, 0.717) is 17.9 Å². The van der Waals surface area contributed by atoms with Crippen LogP contribution < -0.4 is 4.74 Å².